The van der Waals surface area contributed by atoms with Gasteiger partial charge in [0.05, 0.1) is 13.2 Å². The van der Waals surface area contributed by atoms with Crippen molar-refractivity contribution in [2.75, 3.05) is 44.3 Å². The standard InChI is InChI=1S/C40H43N3O5/c1-29(2)35-24-36(38(47-27-32-12-8-5-9-13-32)25-37(35)46-26-31-10-6-4-7-11-31)39-40(48-28-41-39)33-14-16-34(17-15-33)43(30(3)44)19-18-42-20-22-45-23-21-42/h4-17,24-25,28-29H,18-23,26-27H2,1-3H3. The molecule has 248 valence electrons. The van der Waals surface area contributed by atoms with Crippen LogP contribution in [0.2, 0.25) is 0 Å². The maximum atomic E-state index is 12.6. The van der Waals surface area contributed by atoms with E-state index in [4.69, 9.17) is 23.6 Å². The van der Waals surface area contributed by atoms with Crippen molar-refractivity contribution in [2.24, 2.45) is 0 Å². The molecule has 2 heterocycles. The molecule has 0 bridgehead atoms. The van der Waals surface area contributed by atoms with Gasteiger partial charge < -0.3 is 23.5 Å². The Bertz CT molecular complexity index is 1760. The molecule has 0 radical (unpaired) electrons. The number of morpholine rings is 1. The van der Waals surface area contributed by atoms with Crippen LogP contribution in [0.5, 0.6) is 11.5 Å². The average Bonchev–Trinajstić information content (AvgIpc) is 3.61. The maximum absolute atomic E-state index is 12.6. The third-order valence-electron chi connectivity index (χ3n) is 8.60. The molecule has 0 N–H and O–H groups in total. The second-order valence-electron chi connectivity index (χ2n) is 12.3. The fourth-order valence-electron chi connectivity index (χ4n) is 5.90. The van der Waals surface area contributed by atoms with Crippen molar-refractivity contribution in [1.82, 2.24) is 9.88 Å². The van der Waals surface area contributed by atoms with Crippen LogP contribution >= 0.6 is 0 Å². The minimum atomic E-state index is 0.00681. The van der Waals surface area contributed by atoms with Crippen molar-refractivity contribution in [2.45, 2.75) is 39.9 Å². The Morgan fingerprint density at radius 1 is 0.854 bits per heavy atom. The van der Waals surface area contributed by atoms with Crippen LogP contribution in [0.1, 0.15) is 43.4 Å². The summed E-state index contributed by atoms with van der Waals surface area (Å²) in [7, 11) is 0. The maximum Gasteiger partial charge on any atom is 0.223 e. The molecule has 1 saturated heterocycles. The van der Waals surface area contributed by atoms with Gasteiger partial charge >= 0.3 is 0 Å². The van der Waals surface area contributed by atoms with Gasteiger partial charge in [0, 0.05) is 56.0 Å². The zero-order valence-corrected chi connectivity index (χ0v) is 27.9. The predicted molar refractivity (Wildman–Crippen MR) is 188 cm³/mol. The molecular weight excluding hydrogens is 602 g/mol. The van der Waals surface area contributed by atoms with E-state index in [1.807, 2.05) is 83.8 Å². The van der Waals surface area contributed by atoms with Gasteiger partial charge in [0.2, 0.25) is 5.91 Å². The number of carbonyl (C=O) groups is 1. The van der Waals surface area contributed by atoms with Crippen molar-refractivity contribution in [3.8, 4) is 34.1 Å². The minimum Gasteiger partial charge on any atom is -0.488 e. The average molecular weight is 646 g/mol. The van der Waals surface area contributed by atoms with Gasteiger partial charge in [0.1, 0.15) is 30.4 Å². The molecule has 48 heavy (non-hydrogen) atoms. The number of carbonyl (C=O) groups excluding carboxylic acids is 1. The van der Waals surface area contributed by atoms with E-state index >= 15 is 0 Å². The lowest BCUT2D eigenvalue weighted by atomic mass is 9.96. The number of hydrogen-bond acceptors (Lipinski definition) is 7. The fraction of sp³-hybridized carbons (Fsp3) is 0.300. The van der Waals surface area contributed by atoms with Gasteiger partial charge in [-0.15, -0.1) is 0 Å². The summed E-state index contributed by atoms with van der Waals surface area (Å²) in [6.07, 6.45) is 1.47. The summed E-state index contributed by atoms with van der Waals surface area (Å²) >= 11 is 0. The third-order valence-corrected chi connectivity index (χ3v) is 8.60. The first-order valence-electron chi connectivity index (χ1n) is 16.6. The molecule has 0 unspecified atom stereocenters. The van der Waals surface area contributed by atoms with Gasteiger partial charge in [-0.05, 0) is 52.9 Å². The van der Waals surface area contributed by atoms with Crippen molar-refractivity contribution >= 4 is 11.6 Å². The number of rotatable bonds is 13. The molecule has 0 spiro atoms. The van der Waals surface area contributed by atoms with Crippen LogP contribution in [-0.2, 0) is 22.7 Å². The van der Waals surface area contributed by atoms with Gasteiger partial charge in [0.25, 0.3) is 0 Å². The highest BCUT2D eigenvalue weighted by molar-refractivity contribution is 5.92. The summed E-state index contributed by atoms with van der Waals surface area (Å²) in [5.41, 5.74) is 6.40. The Hall–Kier alpha value is -4.92. The largest absolute Gasteiger partial charge is 0.488 e. The highest BCUT2D eigenvalue weighted by Crippen LogP contribution is 2.43. The van der Waals surface area contributed by atoms with Crippen molar-refractivity contribution in [3.63, 3.8) is 0 Å². The number of aromatic nitrogens is 1. The second kappa shape index (κ2) is 15.8. The van der Waals surface area contributed by atoms with Crippen molar-refractivity contribution in [1.29, 1.82) is 0 Å². The van der Waals surface area contributed by atoms with Crippen LogP contribution in [0.3, 0.4) is 0 Å². The Balaban J connectivity index is 1.31. The van der Waals surface area contributed by atoms with E-state index in [0.29, 0.717) is 37.0 Å². The Kier molecular flexibility index (Phi) is 10.8. The first-order chi connectivity index (χ1) is 23.5. The summed E-state index contributed by atoms with van der Waals surface area (Å²) in [4.78, 5) is 21.5. The molecule has 8 heteroatoms. The van der Waals surface area contributed by atoms with Gasteiger partial charge in [0.15, 0.2) is 12.2 Å². The number of nitrogens with zero attached hydrogens (tertiary/aromatic N) is 3. The SMILES string of the molecule is CC(=O)N(CCN1CCOCC1)c1ccc(-c2ocnc2-c2cc(C(C)C)c(OCc3ccccc3)cc2OCc2ccccc2)cc1. The zero-order chi connectivity index (χ0) is 33.3. The lowest BCUT2D eigenvalue weighted by Crippen LogP contribution is -2.42. The lowest BCUT2D eigenvalue weighted by molar-refractivity contribution is -0.116. The monoisotopic (exact) mass is 645 g/mol. The first-order valence-corrected chi connectivity index (χ1v) is 16.6. The van der Waals surface area contributed by atoms with E-state index in [9.17, 15) is 4.79 Å². The molecule has 5 aromatic rings. The van der Waals surface area contributed by atoms with Gasteiger partial charge in [-0.1, -0.05) is 74.5 Å². The molecule has 1 aliphatic rings. The molecule has 1 amide bonds. The highest BCUT2D eigenvalue weighted by atomic mass is 16.5. The number of benzene rings is 4. The van der Waals surface area contributed by atoms with Crippen LogP contribution in [0.25, 0.3) is 22.6 Å². The third kappa shape index (κ3) is 8.13. The summed E-state index contributed by atoms with van der Waals surface area (Å²) in [6.45, 7) is 11.4. The number of amides is 1. The van der Waals surface area contributed by atoms with E-state index in [-0.39, 0.29) is 11.8 Å². The molecule has 1 fully saturated rings. The molecule has 0 atom stereocenters. The smallest absolute Gasteiger partial charge is 0.223 e. The number of ether oxygens (including phenoxy) is 3. The summed E-state index contributed by atoms with van der Waals surface area (Å²) in [6, 6.07) is 32.2. The second-order valence-corrected chi connectivity index (χ2v) is 12.3. The summed E-state index contributed by atoms with van der Waals surface area (Å²) in [5, 5.41) is 0. The van der Waals surface area contributed by atoms with E-state index in [1.54, 1.807) is 6.92 Å². The van der Waals surface area contributed by atoms with Gasteiger partial charge in [-0.25, -0.2) is 4.98 Å². The molecule has 6 rings (SSSR count). The van der Waals surface area contributed by atoms with E-state index in [0.717, 1.165) is 72.1 Å². The number of anilines is 1. The summed E-state index contributed by atoms with van der Waals surface area (Å²) < 4.78 is 24.4. The van der Waals surface area contributed by atoms with Crippen molar-refractivity contribution in [3.05, 3.63) is 120 Å². The van der Waals surface area contributed by atoms with Crippen LogP contribution in [0.15, 0.2) is 108 Å². The molecular formula is C40H43N3O5. The normalized spacial score (nSPS) is 13.4. The lowest BCUT2D eigenvalue weighted by Gasteiger charge is -2.29. The quantitative estimate of drug-likeness (QED) is 0.129. The number of oxazole rings is 1. The van der Waals surface area contributed by atoms with E-state index < -0.39 is 0 Å². The first kappa shape index (κ1) is 33.0. The Morgan fingerprint density at radius 3 is 2.08 bits per heavy atom. The fourth-order valence-corrected chi connectivity index (χ4v) is 5.90. The van der Waals surface area contributed by atoms with Crippen LogP contribution in [-0.4, -0.2) is 55.2 Å². The van der Waals surface area contributed by atoms with Crippen molar-refractivity contribution < 1.29 is 23.4 Å². The molecule has 1 aromatic heterocycles. The predicted octanol–water partition coefficient (Wildman–Crippen LogP) is 7.98. The topological polar surface area (TPSA) is 77.3 Å². The highest BCUT2D eigenvalue weighted by Gasteiger charge is 2.23. The van der Waals surface area contributed by atoms with Crippen LogP contribution in [0, 0.1) is 0 Å². The molecule has 1 aliphatic heterocycles. The Morgan fingerprint density at radius 2 is 1.48 bits per heavy atom. The minimum absolute atomic E-state index is 0.00681. The van der Waals surface area contributed by atoms with E-state index in [1.165, 1.54) is 6.39 Å². The molecule has 0 aliphatic carbocycles. The van der Waals surface area contributed by atoms with Crippen LogP contribution in [0.4, 0.5) is 5.69 Å². The summed E-state index contributed by atoms with van der Waals surface area (Å²) in [5.74, 6) is 2.25. The zero-order valence-electron chi connectivity index (χ0n) is 27.9. The molecule has 4 aromatic carbocycles. The van der Waals surface area contributed by atoms with Gasteiger partial charge in [-0.2, -0.15) is 0 Å². The van der Waals surface area contributed by atoms with E-state index in [2.05, 4.69) is 36.9 Å². The Labute approximate surface area is 282 Å². The van der Waals surface area contributed by atoms with Gasteiger partial charge in [-0.3, -0.25) is 9.69 Å². The number of hydrogen-bond donors (Lipinski definition) is 0. The molecule has 8 nitrogen and oxygen atoms in total. The van der Waals surface area contributed by atoms with Crippen LogP contribution < -0.4 is 14.4 Å². The molecule has 0 saturated carbocycles.